The number of benzene rings is 3. The first-order chi connectivity index (χ1) is 13.7. The molecule has 0 saturated carbocycles. The predicted molar refractivity (Wildman–Crippen MR) is 111 cm³/mol. The number of aromatic nitrogens is 2. The summed E-state index contributed by atoms with van der Waals surface area (Å²) in [4.78, 5) is 25.8. The Morgan fingerprint density at radius 1 is 0.643 bits per heavy atom. The molecule has 0 aliphatic heterocycles. The van der Waals surface area contributed by atoms with Gasteiger partial charge in [-0.1, -0.05) is 91.0 Å². The topological polar surface area (TPSA) is 44.0 Å². The van der Waals surface area contributed by atoms with Crippen molar-refractivity contribution in [2.75, 3.05) is 0 Å². The van der Waals surface area contributed by atoms with Crippen molar-refractivity contribution in [1.29, 1.82) is 0 Å². The van der Waals surface area contributed by atoms with Gasteiger partial charge in [-0.3, -0.25) is 13.9 Å². The minimum Gasteiger partial charge on any atom is -0.289 e. The molecule has 0 saturated heterocycles. The maximum atomic E-state index is 13.3. The Morgan fingerprint density at radius 3 is 1.68 bits per heavy atom. The molecule has 0 fully saturated rings. The third-order valence-corrected chi connectivity index (χ3v) is 4.79. The monoisotopic (exact) mass is 368 g/mol. The van der Waals surface area contributed by atoms with Crippen molar-refractivity contribution in [3.05, 3.63) is 141 Å². The van der Waals surface area contributed by atoms with Crippen LogP contribution in [0.1, 0.15) is 22.7 Å². The molecular weight excluding hydrogens is 348 g/mol. The molecule has 1 aromatic heterocycles. The fraction of sp³-hybridized carbons (Fsp3) is 0.0833. The van der Waals surface area contributed by atoms with Gasteiger partial charge in [0.05, 0.1) is 12.6 Å². The van der Waals surface area contributed by atoms with Crippen LogP contribution in [0.2, 0.25) is 0 Å². The predicted octanol–water partition coefficient (Wildman–Crippen LogP) is 3.70. The van der Waals surface area contributed by atoms with Crippen LogP contribution in [-0.4, -0.2) is 9.13 Å². The van der Waals surface area contributed by atoms with E-state index >= 15 is 0 Å². The highest BCUT2D eigenvalue weighted by Crippen LogP contribution is 2.24. The maximum Gasteiger partial charge on any atom is 0.332 e. The van der Waals surface area contributed by atoms with Gasteiger partial charge in [0.1, 0.15) is 0 Å². The number of rotatable bonds is 5. The van der Waals surface area contributed by atoms with Gasteiger partial charge in [0, 0.05) is 12.3 Å². The van der Waals surface area contributed by atoms with Gasteiger partial charge in [-0.25, -0.2) is 4.79 Å². The fourth-order valence-corrected chi connectivity index (χ4v) is 3.42. The Bertz CT molecular complexity index is 1120. The third-order valence-electron chi connectivity index (χ3n) is 4.79. The second kappa shape index (κ2) is 7.92. The lowest BCUT2D eigenvalue weighted by Gasteiger charge is -2.22. The summed E-state index contributed by atoms with van der Waals surface area (Å²) in [6.07, 6.45) is 1.59. The van der Waals surface area contributed by atoms with Crippen molar-refractivity contribution < 1.29 is 0 Å². The average Bonchev–Trinajstić information content (AvgIpc) is 2.75. The van der Waals surface area contributed by atoms with Crippen LogP contribution in [0.25, 0.3) is 0 Å². The van der Waals surface area contributed by atoms with Gasteiger partial charge < -0.3 is 0 Å². The van der Waals surface area contributed by atoms with E-state index < -0.39 is 0 Å². The van der Waals surface area contributed by atoms with Crippen molar-refractivity contribution in [1.82, 2.24) is 9.13 Å². The highest BCUT2D eigenvalue weighted by molar-refractivity contribution is 5.32. The molecule has 0 aliphatic carbocycles. The first kappa shape index (κ1) is 17.7. The molecule has 0 unspecified atom stereocenters. The van der Waals surface area contributed by atoms with E-state index in [-0.39, 0.29) is 23.8 Å². The van der Waals surface area contributed by atoms with Gasteiger partial charge in [0.2, 0.25) is 0 Å². The molecule has 0 atom stereocenters. The lowest BCUT2D eigenvalue weighted by atomic mass is 9.98. The molecule has 0 amide bonds. The molecule has 28 heavy (non-hydrogen) atoms. The Hall–Kier alpha value is -3.66. The molecule has 0 spiro atoms. The molecule has 4 rings (SSSR count). The molecule has 138 valence electrons. The van der Waals surface area contributed by atoms with Crippen molar-refractivity contribution >= 4 is 0 Å². The van der Waals surface area contributed by atoms with Crippen molar-refractivity contribution in [3.63, 3.8) is 0 Å². The highest BCUT2D eigenvalue weighted by Gasteiger charge is 2.19. The summed E-state index contributed by atoms with van der Waals surface area (Å²) >= 11 is 0. The normalized spacial score (nSPS) is 10.9. The van der Waals surface area contributed by atoms with Crippen LogP contribution in [0.3, 0.4) is 0 Å². The maximum absolute atomic E-state index is 13.3. The first-order valence-corrected chi connectivity index (χ1v) is 9.20. The number of hydrogen-bond donors (Lipinski definition) is 0. The van der Waals surface area contributed by atoms with Gasteiger partial charge in [-0.15, -0.1) is 0 Å². The molecule has 4 nitrogen and oxygen atoms in total. The highest BCUT2D eigenvalue weighted by atomic mass is 16.2. The van der Waals surface area contributed by atoms with Crippen molar-refractivity contribution in [3.8, 4) is 0 Å². The molecule has 0 radical (unpaired) electrons. The van der Waals surface area contributed by atoms with E-state index in [2.05, 4.69) is 0 Å². The smallest absolute Gasteiger partial charge is 0.289 e. The molecular formula is C24H20N2O2. The van der Waals surface area contributed by atoms with E-state index in [0.717, 1.165) is 16.7 Å². The second-order valence-electron chi connectivity index (χ2n) is 6.64. The standard InChI is InChI=1S/C24H20N2O2/c27-22-16-17-25(24(28)26(22)18-19-10-4-1-5-11-19)23(20-12-6-2-7-13-20)21-14-8-3-9-15-21/h1-17,23H,18H2. The summed E-state index contributed by atoms with van der Waals surface area (Å²) in [6.45, 7) is 0.246. The number of hydrogen-bond acceptors (Lipinski definition) is 2. The molecule has 0 aliphatic rings. The summed E-state index contributed by atoms with van der Waals surface area (Å²) in [6, 6.07) is 30.4. The van der Waals surface area contributed by atoms with Gasteiger partial charge in [-0.05, 0) is 16.7 Å². The molecule has 4 heteroatoms. The molecule has 0 bridgehead atoms. The van der Waals surface area contributed by atoms with Gasteiger partial charge in [0.15, 0.2) is 0 Å². The van der Waals surface area contributed by atoms with Crippen molar-refractivity contribution in [2.45, 2.75) is 12.6 Å². The zero-order valence-electron chi connectivity index (χ0n) is 15.3. The Kier molecular flexibility index (Phi) is 5.02. The third kappa shape index (κ3) is 3.58. The largest absolute Gasteiger partial charge is 0.332 e. The molecule has 0 N–H and O–H groups in total. The second-order valence-corrected chi connectivity index (χ2v) is 6.64. The zero-order chi connectivity index (χ0) is 19.3. The van der Waals surface area contributed by atoms with E-state index in [0.29, 0.717) is 0 Å². The summed E-state index contributed by atoms with van der Waals surface area (Å²) in [5.41, 5.74) is 2.26. The SMILES string of the molecule is O=c1ccn(C(c2ccccc2)c2ccccc2)c(=O)n1Cc1ccccc1. The van der Waals surface area contributed by atoms with Crippen LogP contribution in [-0.2, 0) is 6.54 Å². The van der Waals surface area contributed by atoms with Crippen LogP contribution >= 0.6 is 0 Å². The van der Waals surface area contributed by atoms with Gasteiger partial charge in [0.25, 0.3) is 5.56 Å². The van der Waals surface area contributed by atoms with E-state index in [1.54, 1.807) is 10.8 Å². The zero-order valence-corrected chi connectivity index (χ0v) is 15.3. The molecule has 4 aromatic rings. The summed E-state index contributed by atoms with van der Waals surface area (Å²) < 4.78 is 2.92. The lowest BCUT2D eigenvalue weighted by molar-refractivity contribution is 0.565. The van der Waals surface area contributed by atoms with Crippen LogP contribution in [0.4, 0.5) is 0 Å². The molecule has 1 heterocycles. The van der Waals surface area contributed by atoms with Crippen LogP contribution < -0.4 is 11.2 Å². The van der Waals surface area contributed by atoms with Crippen LogP contribution in [0.15, 0.2) is 113 Å². The minimum absolute atomic E-state index is 0.246. The Morgan fingerprint density at radius 2 is 1.14 bits per heavy atom. The quantitative estimate of drug-likeness (QED) is 0.539. The van der Waals surface area contributed by atoms with Crippen LogP contribution in [0, 0.1) is 0 Å². The van der Waals surface area contributed by atoms with Gasteiger partial charge in [-0.2, -0.15) is 0 Å². The first-order valence-electron chi connectivity index (χ1n) is 9.20. The van der Waals surface area contributed by atoms with Gasteiger partial charge >= 0.3 is 5.69 Å². The van der Waals surface area contributed by atoms with E-state index in [4.69, 9.17) is 0 Å². The van der Waals surface area contributed by atoms with E-state index in [9.17, 15) is 9.59 Å². The van der Waals surface area contributed by atoms with E-state index in [1.165, 1.54) is 10.6 Å². The summed E-state index contributed by atoms with van der Waals surface area (Å²) in [7, 11) is 0. The Labute approximate surface area is 163 Å². The average molecular weight is 368 g/mol. The van der Waals surface area contributed by atoms with Crippen LogP contribution in [0.5, 0.6) is 0 Å². The number of nitrogens with zero attached hydrogens (tertiary/aromatic N) is 2. The molecule has 3 aromatic carbocycles. The fourth-order valence-electron chi connectivity index (χ4n) is 3.42. The summed E-state index contributed by atoms with van der Waals surface area (Å²) in [5, 5.41) is 0. The summed E-state index contributed by atoms with van der Waals surface area (Å²) in [5.74, 6) is 0. The van der Waals surface area contributed by atoms with Crippen molar-refractivity contribution in [2.24, 2.45) is 0 Å². The lowest BCUT2D eigenvalue weighted by Crippen LogP contribution is -2.41. The van der Waals surface area contributed by atoms with E-state index in [1.807, 2.05) is 91.0 Å². The minimum atomic E-state index is -0.325. The Balaban J connectivity index is 1.87.